The second kappa shape index (κ2) is 4.73. The SMILES string of the molecule is COC(=O)c1cc(C(N)CCO)on1. The van der Waals surface area contributed by atoms with Crippen molar-refractivity contribution in [2.75, 3.05) is 13.7 Å². The molecule has 3 N–H and O–H groups in total. The minimum Gasteiger partial charge on any atom is -0.464 e. The highest BCUT2D eigenvalue weighted by atomic mass is 16.5. The first-order chi connectivity index (χ1) is 6.69. The van der Waals surface area contributed by atoms with Crippen LogP contribution in [0.25, 0.3) is 0 Å². The number of carbonyl (C=O) groups is 1. The van der Waals surface area contributed by atoms with E-state index in [9.17, 15) is 4.79 Å². The van der Waals surface area contributed by atoms with Gasteiger partial charge in [-0.25, -0.2) is 4.79 Å². The molecule has 6 nitrogen and oxygen atoms in total. The highest BCUT2D eigenvalue weighted by molar-refractivity contribution is 5.86. The number of nitrogens with two attached hydrogens (primary N) is 1. The van der Waals surface area contributed by atoms with Gasteiger partial charge in [-0.05, 0) is 6.42 Å². The van der Waals surface area contributed by atoms with Crippen LogP contribution in [0.4, 0.5) is 0 Å². The summed E-state index contributed by atoms with van der Waals surface area (Å²) in [6.07, 6.45) is 0.357. The lowest BCUT2D eigenvalue weighted by atomic mass is 10.2. The first-order valence-corrected chi connectivity index (χ1v) is 4.10. The molecular weight excluding hydrogens is 188 g/mol. The Morgan fingerprint density at radius 2 is 2.57 bits per heavy atom. The van der Waals surface area contributed by atoms with E-state index in [2.05, 4.69) is 9.89 Å². The lowest BCUT2D eigenvalue weighted by Gasteiger charge is -2.02. The van der Waals surface area contributed by atoms with E-state index in [1.807, 2.05) is 0 Å². The highest BCUT2D eigenvalue weighted by Gasteiger charge is 2.16. The molecule has 1 atom stereocenters. The van der Waals surface area contributed by atoms with Gasteiger partial charge in [-0.3, -0.25) is 0 Å². The molecule has 0 fully saturated rings. The number of hydrogen-bond donors (Lipinski definition) is 2. The normalized spacial score (nSPS) is 12.5. The third-order valence-electron chi connectivity index (χ3n) is 1.73. The fraction of sp³-hybridized carbons (Fsp3) is 0.500. The van der Waals surface area contributed by atoms with Crippen molar-refractivity contribution >= 4 is 5.97 Å². The van der Waals surface area contributed by atoms with E-state index in [-0.39, 0.29) is 12.3 Å². The van der Waals surface area contributed by atoms with Crippen molar-refractivity contribution < 1.29 is 19.2 Å². The van der Waals surface area contributed by atoms with Crippen LogP contribution in [0.15, 0.2) is 10.6 Å². The van der Waals surface area contributed by atoms with Crippen molar-refractivity contribution in [1.82, 2.24) is 5.16 Å². The molecule has 0 radical (unpaired) electrons. The number of aromatic nitrogens is 1. The molecule has 1 aromatic rings. The van der Waals surface area contributed by atoms with E-state index < -0.39 is 12.0 Å². The first-order valence-electron chi connectivity index (χ1n) is 4.10. The molecule has 1 heterocycles. The van der Waals surface area contributed by atoms with Gasteiger partial charge in [0.1, 0.15) is 0 Å². The van der Waals surface area contributed by atoms with Crippen LogP contribution in [0, 0.1) is 0 Å². The van der Waals surface area contributed by atoms with Crippen LogP contribution < -0.4 is 5.73 Å². The summed E-state index contributed by atoms with van der Waals surface area (Å²) in [5, 5.41) is 12.1. The molecule has 0 bridgehead atoms. The van der Waals surface area contributed by atoms with Crippen LogP contribution in [-0.2, 0) is 4.74 Å². The number of aliphatic hydroxyl groups is 1. The number of nitrogens with zero attached hydrogens (tertiary/aromatic N) is 1. The van der Waals surface area contributed by atoms with Gasteiger partial charge in [-0.15, -0.1) is 0 Å². The second-order valence-corrected chi connectivity index (χ2v) is 2.72. The Morgan fingerprint density at radius 3 is 3.14 bits per heavy atom. The van der Waals surface area contributed by atoms with Gasteiger partial charge in [-0.1, -0.05) is 5.16 Å². The number of hydrogen-bond acceptors (Lipinski definition) is 6. The Hall–Kier alpha value is -1.40. The summed E-state index contributed by atoms with van der Waals surface area (Å²) in [6, 6.07) is 0.956. The van der Waals surface area contributed by atoms with Crippen molar-refractivity contribution in [3.8, 4) is 0 Å². The lowest BCUT2D eigenvalue weighted by molar-refractivity contribution is 0.0589. The van der Waals surface area contributed by atoms with Crippen LogP contribution >= 0.6 is 0 Å². The molecule has 1 rings (SSSR count). The minimum absolute atomic E-state index is 0.0462. The molecule has 78 valence electrons. The lowest BCUT2D eigenvalue weighted by Crippen LogP contribution is -2.11. The van der Waals surface area contributed by atoms with Gasteiger partial charge in [0.2, 0.25) is 0 Å². The van der Waals surface area contributed by atoms with E-state index in [0.717, 1.165) is 0 Å². The summed E-state index contributed by atoms with van der Waals surface area (Å²) < 4.78 is 9.25. The Kier molecular flexibility index (Phi) is 3.61. The summed E-state index contributed by atoms with van der Waals surface area (Å²) in [7, 11) is 1.25. The van der Waals surface area contributed by atoms with Crippen LogP contribution in [0.5, 0.6) is 0 Å². The fourth-order valence-corrected chi connectivity index (χ4v) is 0.946. The molecule has 1 aromatic heterocycles. The van der Waals surface area contributed by atoms with E-state index in [0.29, 0.717) is 12.2 Å². The van der Waals surface area contributed by atoms with Crippen LogP contribution in [-0.4, -0.2) is 29.9 Å². The van der Waals surface area contributed by atoms with Gasteiger partial charge in [0.25, 0.3) is 0 Å². The smallest absolute Gasteiger partial charge is 0.360 e. The molecule has 0 aliphatic heterocycles. The number of ether oxygens (including phenoxy) is 1. The average molecular weight is 200 g/mol. The van der Waals surface area contributed by atoms with Crippen molar-refractivity contribution in [2.45, 2.75) is 12.5 Å². The summed E-state index contributed by atoms with van der Waals surface area (Å²) in [6.45, 7) is -0.0462. The van der Waals surface area contributed by atoms with Crippen LogP contribution in [0.2, 0.25) is 0 Å². The number of esters is 1. The van der Waals surface area contributed by atoms with Crippen molar-refractivity contribution in [2.24, 2.45) is 5.73 Å². The van der Waals surface area contributed by atoms with Crippen molar-refractivity contribution in [1.29, 1.82) is 0 Å². The van der Waals surface area contributed by atoms with Crippen LogP contribution in [0.3, 0.4) is 0 Å². The topological polar surface area (TPSA) is 98.6 Å². The maximum Gasteiger partial charge on any atom is 0.360 e. The number of carbonyl (C=O) groups excluding carboxylic acids is 1. The maximum absolute atomic E-state index is 11.0. The molecule has 0 aromatic carbocycles. The molecular formula is C8H12N2O4. The summed E-state index contributed by atoms with van der Waals surface area (Å²) in [5.74, 6) is -0.212. The van der Waals surface area contributed by atoms with Crippen LogP contribution in [0.1, 0.15) is 28.7 Å². The summed E-state index contributed by atoms with van der Waals surface area (Å²) in [4.78, 5) is 11.0. The van der Waals surface area contributed by atoms with E-state index in [4.69, 9.17) is 15.4 Å². The molecule has 14 heavy (non-hydrogen) atoms. The Balaban J connectivity index is 2.72. The number of aliphatic hydroxyl groups excluding tert-OH is 1. The second-order valence-electron chi connectivity index (χ2n) is 2.72. The summed E-state index contributed by atoms with van der Waals surface area (Å²) >= 11 is 0. The molecule has 6 heteroatoms. The first kappa shape index (κ1) is 10.7. The molecule has 0 aliphatic rings. The fourth-order valence-electron chi connectivity index (χ4n) is 0.946. The largest absolute Gasteiger partial charge is 0.464 e. The van der Waals surface area contributed by atoms with E-state index in [1.165, 1.54) is 13.2 Å². The average Bonchev–Trinajstić information content (AvgIpc) is 2.66. The Bertz CT molecular complexity index is 310. The zero-order valence-corrected chi connectivity index (χ0v) is 7.77. The van der Waals surface area contributed by atoms with Crippen molar-refractivity contribution in [3.63, 3.8) is 0 Å². The molecule has 1 unspecified atom stereocenters. The predicted octanol–water partition coefficient (Wildman–Crippen LogP) is -0.157. The molecule has 0 saturated heterocycles. The molecule has 0 spiro atoms. The van der Waals surface area contributed by atoms with Gasteiger partial charge in [0.15, 0.2) is 11.5 Å². The van der Waals surface area contributed by atoms with Gasteiger partial charge in [-0.2, -0.15) is 0 Å². The van der Waals surface area contributed by atoms with Gasteiger partial charge >= 0.3 is 5.97 Å². The van der Waals surface area contributed by atoms with E-state index >= 15 is 0 Å². The molecule has 0 aliphatic carbocycles. The van der Waals surface area contributed by atoms with E-state index in [1.54, 1.807) is 0 Å². The Morgan fingerprint density at radius 1 is 1.86 bits per heavy atom. The molecule has 0 amide bonds. The van der Waals surface area contributed by atoms with Gasteiger partial charge in [0, 0.05) is 12.7 Å². The monoisotopic (exact) mass is 200 g/mol. The zero-order chi connectivity index (χ0) is 10.6. The number of rotatable bonds is 4. The van der Waals surface area contributed by atoms with Gasteiger partial charge < -0.3 is 20.1 Å². The Labute approximate surface area is 80.6 Å². The van der Waals surface area contributed by atoms with Gasteiger partial charge in [0.05, 0.1) is 13.2 Å². The maximum atomic E-state index is 11.0. The third kappa shape index (κ3) is 2.30. The van der Waals surface area contributed by atoms with Crippen molar-refractivity contribution in [3.05, 3.63) is 17.5 Å². The summed E-state index contributed by atoms with van der Waals surface area (Å²) in [5.41, 5.74) is 5.69. The highest BCUT2D eigenvalue weighted by Crippen LogP contribution is 2.14. The third-order valence-corrected chi connectivity index (χ3v) is 1.73. The molecule has 0 saturated carbocycles. The minimum atomic E-state index is -0.573. The number of methoxy groups -OCH3 is 1. The predicted molar refractivity (Wildman–Crippen MR) is 46.5 cm³/mol. The zero-order valence-electron chi connectivity index (χ0n) is 7.77. The standard InChI is InChI=1S/C8H12N2O4/c1-13-8(12)6-4-7(14-10-6)5(9)2-3-11/h4-5,11H,2-3,9H2,1H3. The quantitative estimate of drug-likeness (QED) is 0.655.